The molecule has 0 spiro atoms. The Hall–Kier alpha value is -1.15. The molecule has 0 unspecified atom stereocenters. The number of hydrogen-bond donors (Lipinski definition) is 3. The number of hydrogen-bond acceptors (Lipinski definition) is 4. The largest absolute Gasteiger partial charge is 0.393 e. The summed E-state index contributed by atoms with van der Waals surface area (Å²) in [4.78, 5) is 13.0. The molecule has 0 aromatic rings. The van der Waals surface area contributed by atoms with Gasteiger partial charge in [-0.2, -0.15) is 0 Å². The molecule has 0 aromatic heterocycles. The summed E-state index contributed by atoms with van der Waals surface area (Å²) in [5.74, 6) is 2.37. The number of aliphatic hydroxyl groups excluding tert-OH is 1. The number of ketones is 1. The average Bonchev–Trinajstić information content (AvgIpc) is 2.89. The predicted molar refractivity (Wildman–Crippen MR) is 103 cm³/mol. The van der Waals surface area contributed by atoms with Crippen LogP contribution in [0.1, 0.15) is 65.7 Å². The highest BCUT2D eigenvalue weighted by Gasteiger charge is 2.67. The number of carbonyl (C=O) groups excluding carboxylic acids is 1. The van der Waals surface area contributed by atoms with E-state index in [0.717, 1.165) is 24.8 Å². The molecule has 4 heteroatoms. The minimum absolute atomic E-state index is 0.0485. The molecular formula is C23H32O4. The number of rotatable bonds is 1. The maximum Gasteiger partial charge on any atom is 0.159 e. The van der Waals surface area contributed by atoms with Gasteiger partial charge in [0.1, 0.15) is 5.60 Å². The molecule has 4 aliphatic carbocycles. The Morgan fingerprint density at radius 2 is 1.89 bits per heavy atom. The van der Waals surface area contributed by atoms with E-state index in [-0.39, 0.29) is 29.0 Å². The zero-order valence-corrected chi connectivity index (χ0v) is 16.7. The Balaban J connectivity index is 1.79. The smallest absolute Gasteiger partial charge is 0.159 e. The molecule has 0 saturated heterocycles. The Morgan fingerprint density at radius 3 is 2.56 bits per heavy atom. The highest BCUT2D eigenvalue weighted by molar-refractivity contribution is 5.95. The van der Waals surface area contributed by atoms with Gasteiger partial charge in [0.25, 0.3) is 0 Å². The third-order valence-corrected chi connectivity index (χ3v) is 9.04. The molecule has 0 aliphatic heterocycles. The van der Waals surface area contributed by atoms with Gasteiger partial charge in [0.05, 0.1) is 11.7 Å². The highest BCUT2D eigenvalue weighted by Crippen LogP contribution is 2.68. The summed E-state index contributed by atoms with van der Waals surface area (Å²) in [5, 5.41) is 32.8. The van der Waals surface area contributed by atoms with E-state index in [0.29, 0.717) is 25.7 Å². The summed E-state index contributed by atoms with van der Waals surface area (Å²) in [6.45, 7) is 5.88. The molecule has 0 heterocycles. The normalized spacial score (nSPS) is 51.3. The third kappa shape index (κ3) is 2.32. The Kier molecular flexibility index (Phi) is 4.04. The standard InChI is InChI=1S/C23H32O4/c1-5-22(4,26)19-8-11-23(27)16-13-18(25)17-12-14(24)6-9-20(17,2)15(16)7-10-21(19,23)3/h1,13-15,17,19,24,26-27H,6-12H2,2-4H3/t14-,15-,17+,19-,20+,21+,22-,23+/m0/s1. The topological polar surface area (TPSA) is 77.8 Å². The molecule has 0 amide bonds. The van der Waals surface area contributed by atoms with Crippen LogP contribution in [0.15, 0.2) is 11.6 Å². The number of aliphatic hydroxyl groups is 3. The lowest BCUT2D eigenvalue weighted by atomic mass is 9.46. The van der Waals surface area contributed by atoms with E-state index in [4.69, 9.17) is 6.42 Å². The molecule has 4 aliphatic rings. The van der Waals surface area contributed by atoms with Crippen LogP contribution in [0.25, 0.3) is 0 Å². The second-order valence-electron chi connectivity index (χ2n) is 10.2. The van der Waals surface area contributed by atoms with Gasteiger partial charge in [-0.25, -0.2) is 0 Å². The molecule has 3 fully saturated rings. The summed E-state index contributed by atoms with van der Waals surface area (Å²) in [6.07, 6.45) is 11.8. The molecule has 4 nitrogen and oxygen atoms in total. The molecule has 0 radical (unpaired) electrons. The minimum Gasteiger partial charge on any atom is -0.393 e. The first-order valence-electron chi connectivity index (χ1n) is 10.4. The van der Waals surface area contributed by atoms with Crippen LogP contribution in [0.4, 0.5) is 0 Å². The van der Waals surface area contributed by atoms with E-state index < -0.39 is 22.7 Å². The Labute approximate surface area is 162 Å². The van der Waals surface area contributed by atoms with Crippen LogP contribution in [-0.4, -0.2) is 38.4 Å². The fourth-order valence-corrected chi connectivity index (χ4v) is 7.32. The van der Waals surface area contributed by atoms with Gasteiger partial charge in [-0.15, -0.1) is 6.42 Å². The quantitative estimate of drug-likeness (QED) is 0.618. The monoisotopic (exact) mass is 372 g/mol. The molecule has 4 rings (SSSR count). The van der Waals surface area contributed by atoms with Gasteiger partial charge in [0.15, 0.2) is 5.78 Å². The molecule has 8 atom stereocenters. The maximum atomic E-state index is 13.0. The third-order valence-electron chi connectivity index (χ3n) is 9.04. The predicted octanol–water partition coefficient (Wildman–Crippen LogP) is 2.60. The summed E-state index contributed by atoms with van der Waals surface area (Å²) in [5.41, 5.74) is -2.24. The van der Waals surface area contributed by atoms with Gasteiger partial charge in [-0.1, -0.05) is 19.8 Å². The number of allylic oxidation sites excluding steroid dienone is 1. The molecule has 27 heavy (non-hydrogen) atoms. The first-order valence-corrected chi connectivity index (χ1v) is 10.4. The number of carbonyl (C=O) groups is 1. The van der Waals surface area contributed by atoms with Crippen molar-refractivity contribution in [2.45, 2.75) is 83.0 Å². The summed E-state index contributed by atoms with van der Waals surface area (Å²) in [7, 11) is 0. The fourth-order valence-electron chi connectivity index (χ4n) is 7.32. The fraction of sp³-hybridized carbons (Fsp3) is 0.783. The maximum absolute atomic E-state index is 13.0. The van der Waals surface area contributed by atoms with E-state index in [9.17, 15) is 20.1 Å². The lowest BCUT2D eigenvalue weighted by Crippen LogP contribution is -2.60. The van der Waals surface area contributed by atoms with Gasteiger partial charge in [-0.05, 0) is 74.9 Å². The number of terminal acetylenes is 1. The zero-order valence-electron chi connectivity index (χ0n) is 16.7. The van der Waals surface area contributed by atoms with Crippen molar-refractivity contribution in [1.82, 2.24) is 0 Å². The van der Waals surface area contributed by atoms with Crippen molar-refractivity contribution in [2.24, 2.45) is 28.6 Å². The van der Waals surface area contributed by atoms with Crippen LogP contribution in [0.5, 0.6) is 0 Å². The molecule has 148 valence electrons. The first-order chi connectivity index (χ1) is 12.5. The van der Waals surface area contributed by atoms with Gasteiger partial charge in [0, 0.05) is 17.3 Å². The van der Waals surface area contributed by atoms with Crippen molar-refractivity contribution < 1.29 is 20.1 Å². The molecular weight excluding hydrogens is 340 g/mol. The lowest BCUT2D eigenvalue weighted by molar-refractivity contribution is -0.145. The average molecular weight is 373 g/mol. The van der Waals surface area contributed by atoms with Crippen molar-refractivity contribution in [3.63, 3.8) is 0 Å². The molecule has 3 N–H and O–H groups in total. The summed E-state index contributed by atoms with van der Waals surface area (Å²) in [6, 6.07) is 0. The molecule has 0 aromatic carbocycles. The highest BCUT2D eigenvalue weighted by atomic mass is 16.3. The summed E-state index contributed by atoms with van der Waals surface area (Å²) < 4.78 is 0. The van der Waals surface area contributed by atoms with Crippen LogP contribution in [-0.2, 0) is 4.79 Å². The van der Waals surface area contributed by atoms with Crippen molar-refractivity contribution in [3.05, 3.63) is 11.6 Å². The van der Waals surface area contributed by atoms with E-state index >= 15 is 0 Å². The van der Waals surface area contributed by atoms with Crippen molar-refractivity contribution in [2.75, 3.05) is 0 Å². The van der Waals surface area contributed by atoms with Crippen LogP contribution in [0.3, 0.4) is 0 Å². The van der Waals surface area contributed by atoms with Crippen LogP contribution >= 0.6 is 0 Å². The Bertz CT molecular complexity index is 746. The second kappa shape index (κ2) is 5.69. The summed E-state index contributed by atoms with van der Waals surface area (Å²) >= 11 is 0. The second-order valence-corrected chi connectivity index (χ2v) is 10.2. The zero-order chi connectivity index (χ0) is 19.8. The van der Waals surface area contributed by atoms with E-state index in [1.807, 2.05) is 6.92 Å². The SMILES string of the molecule is C#C[C@](C)(O)[C@H]1CC[C@@]2(O)C3=CC(=O)[C@H]4C[C@@H](O)CC[C@]4(C)[C@H]3CC[C@]12C. The van der Waals surface area contributed by atoms with E-state index in [2.05, 4.69) is 12.8 Å². The Morgan fingerprint density at radius 1 is 1.19 bits per heavy atom. The van der Waals surface area contributed by atoms with Crippen molar-refractivity contribution in [1.29, 1.82) is 0 Å². The minimum atomic E-state index is -1.27. The van der Waals surface area contributed by atoms with Crippen molar-refractivity contribution >= 4 is 5.78 Å². The van der Waals surface area contributed by atoms with E-state index in [1.165, 1.54) is 0 Å². The molecule has 0 bridgehead atoms. The van der Waals surface area contributed by atoms with Gasteiger partial charge in [0.2, 0.25) is 0 Å². The lowest BCUT2D eigenvalue weighted by Gasteiger charge is -2.60. The van der Waals surface area contributed by atoms with Crippen LogP contribution in [0, 0.1) is 40.9 Å². The van der Waals surface area contributed by atoms with Gasteiger partial charge < -0.3 is 15.3 Å². The van der Waals surface area contributed by atoms with Crippen LogP contribution in [0.2, 0.25) is 0 Å². The van der Waals surface area contributed by atoms with Gasteiger partial charge >= 0.3 is 0 Å². The molecule has 3 saturated carbocycles. The van der Waals surface area contributed by atoms with Gasteiger partial charge in [-0.3, -0.25) is 4.79 Å². The van der Waals surface area contributed by atoms with E-state index in [1.54, 1.807) is 13.0 Å². The van der Waals surface area contributed by atoms with Crippen LogP contribution < -0.4 is 0 Å². The number of fused-ring (bicyclic) bond motifs is 5. The first kappa shape index (κ1) is 19.2. The van der Waals surface area contributed by atoms with Crippen molar-refractivity contribution in [3.8, 4) is 12.3 Å².